The lowest BCUT2D eigenvalue weighted by Gasteiger charge is -2.33. The van der Waals surface area contributed by atoms with Gasteiger partial charge in [0.2, 0.25) is 0 Å². The van der Waals surface area contributed by atoms with E-state index in [1.807, 2.05) is 18.5 Å². The van der Waals surface area contributed by atoms with Crippen LogP contribution >= 0.6 is 0 Å². The molecule has 4 heterocycles. The molecule has 0 bridgehead atoms. The SMILES string of the molecule is c1cncc(CN2CCOC[C@@]3(CC[C@H](CN4CCOCC4)O3)C2)c1. The maximum Gasteiger partial charge on any atom is 0.105 e. The molecule has 1 spiro atoms. The van der Waals surface area contributed by atoms with Gasteiger partial charge in [-0.15, -0.1) is 0 Å². The Balaban J connectivity index is 1.35. The van der Waals surface area contributed by atoms with Crippen LogP contribution in [-0.2, 0) is 20.8 Å². The topological polar surface area (TPSA) is 47.1 Å². The minimum absolute atomic E-state index is 0.143. The van der Waals surface area contributed by atoms with Crippen molar-refractivity contribution < 1.29 is 14.2 Å². The maximum atomic E-state index is 6.58. The van der Waals surface area contributed by atoms with Crippen molar-refractivity contribution in [3.8, 4) is 0 Å². The van der Waals surface area contributed by atoms with Crippen molar-refractivity contribution in [1.29, 1.82) is 0 Å². The fraction of sp³-hybridized carbons (Fsp3) is 0.737. The molecule has 1 aromatic rings. The van der Waals surface area contributed by atoms with E-state index in [4.69, 9.17) is 14.2 Å². The van der Waals surface area contributed by atoms with Crippen molar-refractivity contribution in [3.63, 3.8) is 0 Å². The maximum absolute atomic E-state index is 6.58. The van der Waals surface area contributed by atoms with Crippen LogP contribution in [0.1, 0.15) is 18.4 Å². The Labute approximate surface area is 150 Å². The van der Waals surface area contributed by atoms with E-state index >= 15 is 0 Å². The standard InChI is InChI=1S/C19H29N3O3/c1-2-17(12-20-5-1)13-22-8-11-24-16-19(15-22)4-3-18(25-19)14-21-6-9-23-10-7-21/h1-2,5,12,18H,3-4,6-11,13-16H2/t18-,19-/m1/s1. The minimum atomic E-state index is -0.143. The number of nitrogens with zero attached hydrogens (tertiary/aromatic N) is 3. The molecule has 6 heteroatoms. The van der Waals surface area contributed by atoms with Gasteiger partial charge in [0, 0.05) is 51.7 Å². The molecular weight excluding hydrogens is 318 g/mol. The first-order valence-corrected chi connectivity index (χ1v) is 9.48. The van der Waals surface area contributed by atoms with Gasteiger partial charge in [0.05, 0.1) is 32.5 Å². The third kappa shape index (κ3) is 4.57. The molecule has 3 aliphatic rings. The molecule has 25 heavy (non-hydrogen) atoms. The Hall–Kier alpha value is -1.05. The number of hydrogen-bond donors (Lipinski definition) is 0. The zero-order valence-electron chi connectivity index (χ0n) is 14.9. The molecule has 3 saturated heterocycles. The highest BCUT2D eigenvalue weighted by Gasteiger charge is 2.43. The number of aromatic nitrogens is 1. The van der Waals surface area contributed by atoms with E-state index in [-0.39, 0.29) is 5.60 Å². The predicted octanol–water partition coefficient (Wildman–Crippen LogP) is 1.16. The Morgan fingerprint density at radius 3 is 2.80 bits per heavy atom. The fourth-order valence-corrected chi connectivity index (χ4v) is 4.19. The molecule has 0 N–H and O–H groups in total. The summed E-state index contributed by atoms with van der Waals surface area (Å²) in [4.78, 5) is 9.16. The average molecular weight is 347 g/mol. The lowest BCUT2D eigenvalue weighted by Crippen LogP contribution is -2.46. The predicted molar refractivity (Wildman–Crippen MR) is 94.4 cm³/mol. The molecule has 138 valence electrons. The van der Waals surface area contributed by atoms with Gasteiger partial charge < -0.3 is 14.2 Å². The van der Waals surface area contributed by atoms with Crippen molar-refractivity contribution in [2.75, 3.05) is 59.2 Å². The smallest absolute Gasteiger partial charge is 0.105 e. The second kappa shape index (κ2) is 8.10. The number of rotatable bonds is 4. The summed E-state index contributed by atoms with van der Waals surface area (Å²) in [6.07, 6.45) is 6.31. The van der Waals surface area contributed by atoms with Crippen LogP contribution in [-0.4, -0.2) is 85.6 Å². The summed E-state index contributed by atoms with van der Waals surface area (Å²) in [6, 6.07) is 4.14. The fourth-order valence-electron chi connectivity index (χ4n) is 4.19. The van der Waals surface area contributed by atoms with E-state index in [0.29, 0.717) is 6.10 Å². The minimum Gasteiger partial charge on any atom is -0.379 e. The summed E-state index contributed by atoms with van der Waals surface area (Å²) in [5.41, 5.74) is 1.11. The van der Waals surface area contributed by atoms with Gasteiger partial charge in [0.1, 0.15) is 5.60 Å². The molecule has 2 atom stereocenters. The van der Waals surface area contributed by atoms with Crippen LogP contribution < -0.4 is 0 Å². The summed E-state index contributed by atoms with van der Waals surface area (Å²) in [6.45, 7) is 9.07. The van der Waals surface area contributed by atoms with Gasteiger partial charge in [-0.25, -0.2) is 0 Å². The van der Waals surface area contributed by atoms with Gasteiger partial charge in [-0.2, -0.15) is 0 Å². The van der Waals surface area contributed by atoms with E-state index in [1.54, 1.807) is 0 Å². The third-order valence-electron chi connectivity index (χ3n) is 5.46. The normalized spacial score (nSPS) is 32.1. The highest BCUT2D eigenvalue weighted by molar-refractivity contribution is 5.08. The Morgan fingerprint density at radius 2 is 1.96 bits per heavy atom. The van der Waals surface area contributed by atoms with E-state index in [9.17, 15) is 0 Å². The number of pyridine rings is 1. The van der Waals surface area contributed by atoms with Crippen molar-refractivity contribution in [3.05, 3.63) is 30.1 Å². The highest BCUT2D eigenvalue weighted by Crippen LogP contribution is 2.33. The van der Waals surface area contributed by atoms with E-state index in [1.165, 1.54) is 5.56 Å². The van der Waals surface area contributed by atoms with Crippen molar-refractivity contribution in [1.82, 2.24) is 14.8 Å². The van der Waals surface area contributed by atoms with Crippen LogP contribution in [0, 0.1) is 0 Å². The van der Waals surface area contributed by atoms with Crippen LogP contribution in [0.2, 0.25) is 0 Å². The summed E-state index contributed by atoms with van der Waals surface area (Å²) in [7, 11) is 0. The monoisotopic (exact) mass is 347 g/mol. The van der Waals surface area contributed by atoms with Gasteiger partial charge in [0.25, 0.3) is 0 Å². The molecule has 1 aromatic heterocycles. The van der Waals surface area contributed by atoms with Crippen LogP contribution in [0.5, 0.6) is 0 Å². The quantitative estimate of drug-likeness (QED) is 0.815. The summed E-state index contributed by atoms with van der Waals surface area (Å²) in [5.74, 6) is 0. The summed E-state index contributed by atoms with van der Waals surface area (Å²) in [5, 5.41) is 0. The van der Waals surface area contributed by atoms with Crippen molar-refractivity contribution in [2.24, 2.45) is 0 Å². The summed E-state index contributed by atoms with van der Waals surface area (Å²) >= 11 is 0. The zero-order chi connectivity index (χ0) is 17.0. The Morgan fingerprint density at radius 1 is 1.12 bits per heavy atom. The average Bonchev–Trinajstić information content (AvgIpc) is 2.91. The van der Waals surface area contributed by atoms with Gasteiger partial charge in [-0.1, -0.05) is 6.07 Å². The Kier molecular flexibility index (Phi) is 5.63. The Bertz CT molecular complexity index is 538. The molecule has 0 aromatic carbocycles. The lowest BCUT2D eigenvalue weighted by atomic mass is 10.00. The molecule has 6 nitrogen and oxygen atoms in total. The molecule has 3 aliphatic heterocycles. The van der Waals surface area contributed by atoms with Gasteiger partial charge >= 0.3 is 0 Å². The van der Waals surface area contributed by atoms with Crippen molar-refractivity contribution >= 4 is 0 Å². The second-order valence-electron chi connectivity index (χ2n) is 7.50. The van der Waals surface area contributed by atoms with Gasteiger partial charge in [0.15, 0.2) is 0 Å². The first-order chi connectivity index (χ1) is 12.3. The molecule has 0 radical (unpaired) electrons. The first-order valence-electron chi connectivity index (χ1n) is 9.48. The van der Waals surface area contributed by atoms with Gasteiger partial charge in [-0.3, -0.25) is 14.8 Å². The van der Waals surface area contributed by atoms with Crippen LogP contribution in [0.4, 0.5) is 0 Å². The molecular formula is C19H29N3O3. The van der Waals surface area contributed by atoms with Crippen LogP contribution in [0.25, 0.3) is 0 Å². The number of morpholine rings is 1. The van der Waals surface area contributed by atoms with E-state index < -0.39 is 0 Å². The molecule has 0 unspecified atom stereocenters. The lowest BCUT2D eigenvalue weighted by molar-refractivity contribution is -0.0967. The molecule has 0 saturated carbocycles. The molecule has 3 fully saturated rings. The zero-order valence-corrected chi connectivity index (χ0v) is 14.9. The largest absolute Gasteiger partial charge is 0.379 e. The molecule has 0 amide bonds. The molecule has 0 aliphatic carbocycles. The molecule has 4 rings (SSSR count). The van der Waals surface area contributed by atoms with Crippen LogP contribution in [0.3, 0.4) is 0 Å². The first kappa shape index (κ1) is 17.4. The van der Waals surface area contributed by atoms with Gasteiger partial charge in [-0.05, 0) is 24.5 Å². The van der Waals surface area contributed by atoms with Crippen molar-refractivity contribution in [2.45, 2.75) is 31.1 Å². The number of ether oxygens (including phenoxy) is 3. The highest BCUT2D eigenvalue weighted by atomic mass is 16.6. The van der Waals surface area contributed by atoms with E-state index in [0.717, 1.165) is 78.5 Å². The summed E-state index contributed by atoms with van der Waals surface area (Å²) < 4.78 is 17.9. The van der Waals surface area contributed by atoms with E-state index in [2.05, 4.69) is 20.9 Å². The number of hydrogen-bond acceptors (Lipinski definition) is 6. The second-order valence-corrected chi connectivity index (χ2v) is 7.50. The van der Waals surface area contributed by atoms with Crippen LogP contribution in [0.15, 0.2) is 24.5 Å². The third-order valence-corrected chi connectivity index (χ3v) is 5.46.